The fraction of sp³-hybridized carbons (Fsp3) is 0.300. The summed E-state index contributed by atoms with van der Waals surface area (Å²) in [6, 6.07) is 7.57. The van der Waals surface area contributed by atoms with Crippen molar-refractivity contribution in [2.75, 3.05) is 6.54 Å². The smallest absolute Gasteiger partial charge is 0.164 e. The minimum Gasteiger partial charge on any atom is -0.330 e. The molecule has 12 heavy (non-hydrogen) atoms. The highest BCUT2D eigenvalue weighted by atomic mass is 16.1. The number of hydrogen-bond donors (Lipinski definition) is 1. The molecule has 0 radical (unpaired) electrons. The minimum absolute atomic E-state index is 0.135. The summed E-state index contributed by atoms with van der Waals surface area (Å²) in [7, 11) is 0. The molecule has 1 rings (SSSR count). The molecular formula is C10H13NO. The number of Topliss-reactive ketones (excluding diaryl/α,β-unsaturated/α-hetero) is 1. The van der Waals surface area contributed by atoms with E-state index in [1.165, 1.54) is 0 Å². The lowest BCUT2D eigenvalue weighted by atomic mass is 10.0. The van der Waals surface area contributed by atoms with Gasteiger partial charge in [0.15, 0.2) is 5.78 Å². The van der Waals surface area contributed by atoms with Crippen LogP contribution in [0.5, 0.6) is 0 Å². The maximum Gasteiger partial charge on any atom is 0.164 e. The topological polar surface area (TPSA) is 43.1 Å². The van der Waals surface area contributed by atoms with Gasteiger partial charge >= 0.3 is 0 Å². The van der Waals surface area contributed by atoms with Crippen LogP contribution >= 0.6 is 0 Å². The zero-order valence-corrected chi connectivity index (χ0v) is 7.21. The molecule has 2 heteroatoms. The van der Waals surface area contributed by atoms with Gasteiger partial charge in [0.05, 0.1) is 0 Å². The number of rotatable bonds is 3. The van der Waals surface area contributed by atoms with Crippen molar-refractivity contribution in [1.82, 2.24) is 0 Å². The lowest BCUT2D eigenvalue weighted by Crippen LogP contribution is -2.09. The molecular weight excluding hydrogens is 150 g/mol. The highest BCUT2D eigenvalue weighted by Gasteiger charge is 2.05. The van der Waals surface area contributed by atoms with E-state index < -0.39 is 0 Å². The summed E-state index contributed by atoms with van der Waals surface area (Å²) in [5.74, 6) is 0.135. The average Bonchev–Trinajstić information content (AvgIpc) is 2.05. The first kappa shape index (κ1) is 8.94. The van der Waals surface area contributed by atoms with E-state index in [2.05, 4.69) is 0 Å². The fourth-order valence-electron chi connectivity index (χ4n) is 1.15. The summed E-state index contributed by atoms with van der Waals surface area (Å²) in [4.78, 5) is 11.4. The summed E-state index contributed by atoms with van der Waals surface area (Å²) in [5, 5.41) is 0. The first-order chi connectivity index (χ1) is 5.75. The molecule has 0 aliphatic rings. The molecule has 0 fully saturated rings. The van der Waals surface area contributed by atoms with E-state index in [0.717, 1.165) is 11.1 Å². The number of carbonyl (C=O) groups excluding carboxylic acids is 1. The monoisotopic (exact) mass is 163 g/mol. The Labute approximate surface area is 72.4 Å². The number of aryl methyl sites for hydroxylation is 1. The summed E-state index contributed by atoms with van der Waals surface area (Å²) in [6.07, 6.45) is 0.435. The number of nitrogens with two attached hydrogens (primary N) is 1. The van der Waals surface area contributed by atoms with Gasteiger partial charge in [-0.2, -0.15) is 0 Å². The van der Waals surface area contributed by atoms with Crippen molar-refractivity contribution in [1.29, 1.82) is 0 Å². The van der Waals surface area contributed by atoms with Crippen molar-refractivity contribution in [3.63, 3.8) is 0 Å². The van der Waals surface area contributed by atoms with E-state index in [4.69, 9.17) is 5.73 Å². The average molecular weight is 163 g/mol. The van der Waals surface area contributed by atoms with Gasteiger partial charge in [-0.15, -0.1) is 0 Å². The molecule has 64 valence electrons. The largest absolute Gasteiger partial charge is 0.330 e. The van der Waals surface area contributed by atoms with Crippen LogP contribution in [0, 0.1) is 6.92 Å². The van der Waals surface area contributed by atoms with Crippen molar-refractivity contribution >= 4 is 5.78 Å². The normalized spacial score (nSPS) is 9.83. The Morgan fingerprint density at radius 3 is 2.67 bits per heavy atom. The van der Waals surface area contributed by atoms with Crippen molar-refractivity contribution < 1.29 is 4.79 Å². The summed E-state index contributed by atoms with van der Waals surface area (Å²) >= 11 is 0. The van der Waals surface area contributed by atoms with Crippen LogP contribution in [0.2, 0.25) is 0 Å². The second-order valence-electron chi connectivity index (χ2n) is 2.78. The van der Waals surface area contributed by atoms with Gasteiger partial charge in [0.1, 0.15) is 0 Å². The number of ketones is 1. The molecule has 0 unspecified atom stereocenters. The predicted octanol–water partition coefficient (Wildman–Crippen LogP) is 1.53. The van der Waals surface area contributed by atoms with Gasteiger partial charge in [-0.1, -0.05) is 24.3 Å². The Bertz CT molecular complexity index is 281. The third kappa shape index (κ3) is 1.92. The van der Waals surface area contributed by atoms with E-state index in [1.54, 1.807) is 0 Å². The molecule has 2 nitrogen and oxygen atoms in total. The number of hydrogen-bond acceptors (Lipinski definition) is 2. The van der Waals surface area contributed by atoms with Gasteiger partial charge in [0, 0.05) is 12.0 Å². The molecule has 1 aromatic rings. The van der Waals surface area contributed by atoms with Crippen molar-refractivity contribution in [3.8, 4) is 0 Å². The maximum atomic E-state index is 11.4. The van der Waals surface area contributed by atoms with E-state index in [1.807, 2.05) is 31.2 Å². The summed E-state index contributed by atoms with van der Waals surface area (Å²) in [5.41, 5.74) is 7.11. The van der Waals surface area contributed by atoms with Gasteiger partial charge in [0.25, 0.3) is 0 Å². The molecule has 2 N–H and O–H groups in total. The van der Waals surface area contributed by atoms with Crippen LogP contribution in [0.25, 0.3) is 0 Å². The van der Waals surface area contributed by atoms with E-state index in [0.29, 0.717) is 13.0 Å². The Balaban J connectivity index is 2.87. The highest BCUT2D eigenvalue weighted by Crippen LogP contribution is 2.08. The molecule has 0 saturated heterocycles. The van der Waals surface area contributed by atoms with Gasteiger partial charge in [0.2, 0.25) is 0 Å². The Hall–Kier alpha value is -1.15. The van der Waals surface area contributed by atoms with Crippen LogP contribution in [0.3, 0.4) is 0 Å². The van der Waals surface area contributed by atoms with Crippen LogP contribution in [-0.2, 0) is 0 Å². The molecule has 0 spiro atoms. The molecule has 1 aromatic carbocycles. The van der Waals surface area contributed by atoms with E-state index in [9.17, 15) is 4.79 Å². The standard InChI is InChI=1S/C10H13NO/c1-8-4-2-3-5-9(8)10(12)6-7-11/h2-5H,6-7,11H2,1H3. The molecule has 0 amide bonds. The lowest BCUT2D eigenvalue weighted by molar-refractivity contribution is 0.0985. The zero-order chi connectivity index (χ0) is 8.97. The zero-order valence-electron chi connectivity index (χ0n) is 7.21. The third-order valence-electron chi connectivity index (χ3n) is 1.82. The van der Waals surface area contributed by atoms with Gasteiger partial charge in [-0.3, -0.25) is 4.79 Å². The first-order valence-corrected chi connectivity index (χ1v) is 4.04. The molecule has 0 heterocycles. The minimum atomic E-state index is 0.135. The van der Waals surface area contributed by atoms with Gasteiger partial charge < -0.3 is 5.73 Å². The van der Waals surface area contributed by atoms with Crippen LogP contribution in [0.4, 0.5) is 0 Å². The summed E-state index contributed by atoms with van der Waals surface area (Å²) < 4.78 is 0. The third-order valence-corrected chi connectivity index (χ3v) is 1.82. The fourth-order valence-corrected chi connectivity index (χ4v) is 1.15. The first-order valence-electron chi connectivity index (χ1n) is 4.04. The van der Waals surface area contributed by atoms with Crippen LogP contribution in [0.15, 0.2) is 24.3 Å². The Morgan fingerprint density at radius 2 is 2.08 bits per heavy atom. The highest BCUT2D eigenvalue weighted by molar-refractivity contribution is 5.97. The Morgan fingerprint density at radius 1 is 1.42 bits per heavy atom. The van der Waals surface area contributed by atoms with E-state index in [-0.39, 0.29) is 5.78 Å². The quantitative estimate of drug-likeness (QED) is 0.686. The van der Waals surface area contributed by atoms with Gasteiger partial charge in [-0.25, -0.2) is 0 Å². The van der Waals surface area contributed by atoms with Crippen molar-refractivity contribution in [2.24, 2.45) is 5.73 Å². The summed E-state index contributed by atoms with van der Waals surface area (Å²) in [6.45, 7) is 2.36. The maximum absolute atomic E-state index is 11.4. The molecule has 0 aliphatic heterocycles. The second-order valence-corrected chi connectivity index (χ2v) is 2.78. The molecule has 0 saturated carbocycles. The number of carbonyl (C=O) groups is 1. The Kier molecular flexibility index (Phi) is 3.00. The molecule has 0 aliphatic carbocycles. The molecule has 0 bridgehead atoms. The predicted molar refractivity (Wildman–Crippen MR) is 49.2 cm³/mol. The van der Waals surface area contributed by atoms with Crippen LogP contribution in [0.1, 0.15) is 22.3 Å². The van der Waals surface area contributed by atoms with Crippen molar-refractivity contribution in [3.05, 3.63) is 35.4 Å². The SMILES string of the molecule is Cc1ccccc1C(=O)CCN. The molecule has 0 atom stereocenters. The number of benzene rings is 1. The lowest BCUT2D eigenvalue weighted by Gasteiger charge is -2.01. The van der Waals surface area contributed by atoms with Gasteiger partial charge in [-0.05, 0) is 19.0 Å². The molecule has 0 aromatic heterocycles. The van der Waals surface area contributed by atoms with Crippen LogP contribution < -0.4 is 5.73 Å². The van der Waals surface area contributed by atoms with Crippen molar-refractivity contribution in [2.45, 2.75) is 13.3 Å². The second kappa shape index (κ2) is 4.02. The van der Waals surface area contributed by atoms with Crippen LogP contribution in [-0.4, -0.2) is 12.3 Å². The van der Waals surface area contributed by atoms with E-state index >= 15 is 0 Å².